The highest BCUT2D eigenvalue weighted by molar-refractivity contribution is 6.33. The van der Waals surface area contributed by atoms with Crippen molar-refractivity contribution in [3.63, 3.8) is 0 Å². The SMILES string of the molecule is CCC(C)N(CC)c1ccc(CCN)cc1Cl. The van der Waals surface area contributed by atoms with Gasteiger partial charge in [0.05, 0.1) is 10.7 Å². The van der Waals surface area contributed by atoms with Crippen molar-refractivity contribution in [2.24, 2.45) is 5.73 Å². The van der Waals surface area contributed by atoms with Gasteiger partial charge in [-0.05, 0) is 50.9 Å². The van der Waals surface area contributed by atoms with E-state index in [1.54, 1.807) is 0 Å². The van der Waals surface area contributed by atoms with E-state index in [4.69, 9.17) is 17.3 Å². The molecule has 0 saturated carbocycles. The Balaban J connectivity index is 2.96. The molecule has 17 heavy (non-hydrogen) atoms. The van der Waals surface area contributed by atoms with E-state index in [1.807, 2.05) is 6.07 Å². The summed E-state index contributed by atoms with van der Waals surface area (Å²) in [5.41, 5.74) is 7.89. The second-order valence-corrected chi connectivity index (χ2v) is 4.77. The minimum absolute atomic E-state index is 0.512. The van der Waals surface area contributed by atoms with E-state index in [9.17, 15) is 0 Å². The second-order valence-electron chi connectivity index (χ2n) is 4.37. The van der Waals surface area contributed by atoms with Crippen LogP contribution in [0.1, 0.15) is 32.8 Å². The smallest absolute Gasteiger partial charge is 0.0642 e. The van der Waals surface area contributed by atoms with Gasteiger partial charge in [0.1, 0.15) is 0 Å². The van der Waals surface area contributed by atoms with Crippen molar-refractivity contribution in [2.75, 3.05) is 18.0 Å². The van der Waals surface area contributed by atoms with Gasteiger partial charge < -0.3 is 10.6 Å². The number of rotatable bonds is 6. The molecule has 0 aliphatic rings. The van der Waals surface area contributed by atoms with Crippen molar-refractivity contribution in [1.29, 1.82) is 0 Å². The summed E-state index contributed by atoms with van der Waals surface area (Å²) < 4.78 is 0. The zero-order valence-corrected chi connectivity index (χ0v) is 11.8. The lowest BCUT2D eigenvalue weighted by molar-refractivity contribution is 0.630. The zero-order chi connectivity index (χ0) is 12.8. The number of anilines is 1. The van der Waals surface area contributed by atoms with Gasteiger partial charge in [-0.3, -0.25) is 0 Å². The summed E-state index contributed by atoms with van der Waals surface area (Å²) in [4.78, 5) is 2.34. The Morgan fingerprint density at radius 3 is 2.53 bits per heavy atom. The monoisotopic (exact) mass is 254 g/mol. The summed E-state index contributed by atoms with van der Waals surface area (Å²) in [5.74, 6) is 0. The highest BCUT2D eigenvalue weighted by Gasteiger charge is 2.14. The van der Waals surface area contributed by atoms with Crippen molar-refractivity contribution in [3.05, 3.63) is 28.8 Å². The molecule has 0 fully saturated rings. The van der Waals surface area contributed by atoms with E-state index in [0.717, 1.165) is 30.1 Å². The number of nitrogens with zero attached hydrogens (tertiary/aromatic N) is 1. The summed E-state index contributed by atoms with van der Waals surface area (Å²) in [6, 6.07) is 6.79. The molecule has 1 unspecified atom stereocenters. The van der Waals surface area contributed by atoms with Crippen LogP contribution in [0.25, 0.3) is 0 Å². The highest BCUT2D eigenvalue weighted by atomic mass is 35.5. The van der Waals surface area contributed by atoms with Crippen LogP contribution in [0.2, 0.25) is 5.02 Å². The molecule has 0 amide bonds. The average molecular weight is 255 g/mol. The van der Waals surface area contributed by atoms with Crippen LogP contribution >= 0.6 is 11.6 Å². The summed E-state index contributed by atoms with van der Waals surface area (Å²) in [6.07, 6.45) is 2.00. The van der Waals surface area contributed by atoms with Crippen LogP contribution in [0.5, 0.6) is 0 Å². The molecule has 3 heteroatoms. The van der Waals surface area contributed by atoms with Crippen molar-refractivity contribution < 1.29 is 0 Å². The Kier molecular flexibility index (Phi) is 5.79. The van der Waals surface area contributed by atoms with Crippen LogP contribution in [0, 0.1) is 0 Å². The number of hydrogen-bond donors (Lipinski definition) is 1. The van der Waals surface area contributed by atoms with Crippen molar-refractivity contribution >= 4 is 17.3 Å². The molecule has 0 heterocycles. The molecule has 1 rings (SSSR count). The largest absolute Gasteiger partial charge is 0.368 e. The minimum atomic E-state index is 0.512. The quantitative estimate of drug-likeness (QED) is 0.842. The molecule has 0 saturated heterocycles. The fourth-order valence-corrected chi connectivity index (χ4v) is 2.36. The lowest BCUT2D eigenvalue weighted by atomic mass is 10.1. The maximum absolute atomic E-state index is 6.36. The van der Waals surface area contributed by atoms with E-state index >= 15 is 0 Å². The van der Waals surface area contributed by atoms with Gasteiger partial charge in [-0.1, -0.05) is 24.6 Å². The average Bonchev–Trinajstić information content (AvgIpc) is 2.32. The predicted octanol–water partition coefficient (Wildman–Crippen LogP) is 3.47. The molecule has 0 aliphatic carbocycles. The molecule has 96 valence electrons. The minimum Gasteiger partial charge on any atom is -0.368 e. The van der Waals surface area contributed by atoms with Crippen LogP contribution in [0.3, 0.4) is 0 Å². The van der Waals surface area contributed by atoms with Crippen molar-refractivity contribution in [2.45, 2.75) is 39.7 Å². The van der Waals surface area contributed by atoms with Gasteiger partial charge in [0, 0.05) is 12.6 Å². The zero-order valence-electron chi connectivity index (χ0n) is 11.0. The maximum atomic E-state index is 6.36. The predicted molar refractivity (Wildman–Crippen MR) is 77.0 cm³/mol. The number of benzene rings is 1. The van der Waals surface area contributed by atoms with Crippen LogP contribution in [-0.4, -0.2) is 19.1 Å². The number of nitrogens with two attached hydrogens (primary N) is 1. The third kappa shape index (κ3) is 3.62. The van der Waals surface area contributed by atoms with E-state index in [-0.39, 0.29) is 0 Å². The Morgan fingerprint density at radius 1 is 1.35 bits per heavy atom. The van der Waals surface area contributed by atoms with Gasteiger partial charge in [-0.25, -0.2) is 0 Å². The first-order valence-electron chi connectivity index (χ1n) is 6.39. The van der Waals surface area contributed by atoms with E-state index in [1.165, 1.54) is 5.56 Å². The Morgan fingerprint density at radius 2 is 2.06 bits per heavy atom. The molecule has 0 spiro atoms. The normalized spacial score (nSPS) is 12.5. The second kappa shape index (κ2) is 6.87. The van der Waals surface area contributed by atoms with Gasteiger partial charge in [-0.2, -0.15) is 0 Å². The highest BCUT2D eigenvalue weighted by Crippen LogP contribution is 2.29. The van der Waals surface area contributed by atoms with Gasteiger partial charge in [0.15, 0.2) is 0 Å². The molecular weight excluding hydrogens is 232 g/mol. The standard InChI is InChI=1S/C14H23ClN2/c1-4-11(3)17(5-2)14-7-6-12(8-9-16)10-13(14)15/h6-7,10-11H,4-5,8-9,16H2,1-3H3. The third-order valence-electron chi connectivity index (χ3n) is 3.22. The fourth-order valence-electron chi connectivity index (χ4n) is 2.05. The molecule has 0 radical (unpaired) electrons. The molecule has 1 atom stereocenters. The lowest BCUT2D eigenvalue weighted by Gasteiger charge is -2.30. The van der Waals surface area contributed by atoms with Gasteiger partial charge in [0.25, 0.3) is 0 Å². The van der Waals surface area contributed by atoms with Gasteiger partial charge >= 0.3 is 0 Å². The van der Waals surface area contributed by atoms with E-state index in [0.29, 0.717) is 12.6 Å². The van der Waals surface area contributed by atoms with Crippen molar-refractivity contribution in [3.8, 4) is 0 Å². The summed E-state index contributed by atoms with van der Waals surface area (Å²) in [7, 11) is 0. The van der Waals surface area contributed by atoms with Gasteiger partial charge in [-0.15, -0.1) is 0 Å². The Hall–Kier alpha value is -0.730. The molecule has 1 aromatic carbocycles. The van der Waals surface area contributed by atoms with Crippen LogP contribution in [0.15, 0.2) is 18.2 Å². The first-order chi connectivity index (χ1) is 8.13. The molecular formula is C14H23ClN2. The molecule has 2 N–H and O–H groups in total. The first-order valence-corrected chi connectivity index (χ1v) is 6.76. The maximum Gasteiger partial charge on any atom is 0.0642 e. The van der Waals surface area contributed by atoms with Crippen LogP contribution < -0.4 is 10.6 Å². The molecule has 1 aromatic rings. The molecule has 0 aliphatic heterocycles. The third-order valence-corrected chi connectivity index (χ3v) is 3.52. The molecule has 2 nitrogen and oxygen atoms in total. The lowest BCUT2D eigenvalue weighted by Crippen LogP contribution is -2.32. The first kappa shape index (κ1) is 14.3. The van der Waals surface area contributed by atoms with Crippen molar-refractivity contribution in [1.82, 2.24) is 0 Å². The molecule has 0 aromatic heterocycles. The summed E-state index contributed by atoms with van der Waals surface area (Å²) >= 11 is 6.36. The topological polar surface area (TPSA) is 29.3 Å². The van der Waals surface area contributed by atoms with Crippen LogP contribution in [0.4, 0.5) is 5.69 Å². The summed E-state index contributed by atoms with van der Waals surface area (Å²) in [5, 5.41) is 0.832. The molecule has 0 bridgehead atoms. The van der Waals surface area contributed by atoms with E-state index < -0.39 is 0 Å². The fraction of sp³-hybridized carbons (Fsp3) is 0.571. The number of hydrogen-bond acceptors (Lipinski definition) is 2. The summed E-state index contributed by atoms with van der Waals surface area (Å²) in [6.45, 7) is 8.23. The number of halogens is 1. The Bertz CT molecular complexity index is 352. The van der Waals surface area contributed by atoms with Crippen LogP contribution in [-0.2, 0) is 6.42 Å². The van der Waals surface area contributed by atoms with Gasteiger partial charge in [0.2, 0.25) is 0 Å². The van der Waals surface area contributed by atoms with E-state index in [2.05, 4.69) is 37.8 Å². The Labute approximate surface area is 110 Å².